The van der Waals surface area contributed by atoms with Crippen LogP contribution in [0.5, 0.6) is 0 Å². The predicted octanol–water partition coefficient (Wildman–Crippen LogP) is 2.12. The highest BCUT2D eigenvalue weighted by molar-refractivity contribution is 5.77. The fourth-order valence-corrected chi connectivity index (χ4v) is 3.28. The van der Waals surface area contributed by atoms with E-state index in [1.165, 1.54) is 32.1 Å². The number of carboxylic acids is 1. The van der Waals surface area contributed by atoms with Crippen LogP contribution in [0.3, 0.4) is 0 Å². The lowest BCUT2D eigenvalue weighted by atomic mass is 9.89. The van der Waals surface area contributed by atoms with Crippen LogP contribution in [0.2, 0.25) is 0 Å². The van der Waals surface area contributed by atoms with Crippen molar-refractivity contribution in [3.8, 4) is 0 Å². The smallest absolute Gasteiger partial charge is 0.315 e. The Labute approximate surface area is 114 Å². The summed E-state index contributed by atoms with van der Waals surface area (Å²) in [5, 5.41) is 14.8. The normalized spacial score (nSPS) is 28.0. The zero-order chi connectivity index (χ0) is 13.7. The summed E-state index contributed by atoms with van der Waals surface area (Å²) in [4.78, 5) is 22.8. The van der Waals surface area contributed by atoms with Crippen LogP contribution in [-0.2, 0) is 4.79 Å². The van der Waals surface area contributed by atoms with Gasteiger partial charge >= 0.3 is 12.0 Å². The molecule has 2 unspecified atom stereocenters. The van der Waals surface area contributed by atoms with E-state index in [1.807, 2.05) is 0 Å². The summed E-state index contributed by atoms with van der Waals surface area (Å²) >= 11 is 0. The molecule has 19 heavy (non-hydrogen) atoms. The van der Waals surface area contributed by atoms with Gasteiger partial charge in [0.05, 0.1) is 5.92 Å². The first-order valence-corrected chi connectivity index (χ1v) is 7.44. The van der Waals surface area contributed by atoms with Crippen molar-refractivity contribution in [2.75, 3.05) is 6.54 Å². The first kappa shape index (κ1) is 14.2. The molecule has 2 fully saturated rings. The third-order valence-corrected chi connectivity index (χ3v) is 4.43. The number of amides is 2. The van der Waals surface area contributed by atoms with Crippen molar-refractivity contribution >= 4 is 12.0 Å². The highest BCUT2D eigenvalue weighted by Gasteiger charge is 2.33. The summed E-state index contributed by atoms with van der Waals surface area (Å²) < 4.78 is 0. The number of hydrogen-bond acceptors (Lipinski definition) is 2. The van der Waals surface area contributed by atoms with Gasteiger partial charge in [0.2, 0.25) is 0 Å². The van der Waals surface area contributed by atoms with Gasteiger partial charge in [-0.15, -0.1) is 0 Å². The molecule has 0 bridgehead atoms. The molecule has 3 N–H and O–H groups in total. The molecule has 5 nitrogen and oxygen atoms in total. The van der Waals surface area contributed by atoms with Crippen LogP contribution in [-0.4, -0.2) is 29.7 Å². The molecule has 2 saturated carbocycles. The minimum absolute atomic E-state index is 0.205. The first-order valence-electron chi connectivity index (χ1n) is 7.44. The molecular weight excluding hydrogens is 244 g/mol. The Balaban J connectivity index is 1.70. The van der Waals surface area contributed by atoms with Crippen molar-refractivity contribution in [2.45, 2.75) is 57.4 Å². The third-order valence-electron chi connectivity index (χ3n) is 4.43. The number of nitrogens with one attached hydrogen (secondary N) is 2. The van der Waals surface area contributed by atoms with E-state index in [0.29, 0.717) is 12.3 Å². The second kappa shape index (κ2) is 6.78. The van der Waals surface area contributed by atoms with Crippen molar-refractivity contribution < 1.29 is 14.7 Å². The Morgan fingerprint density at radius 3 is 2.42 bits per heavy atom. The second-order valence-corrected chi connectivity index (χ2v) is 5.84. The molecule has 108 valence electrons. The Morgan fingerprint density at radius 1 is 1.00 bits per heavy atom. The summed E-state index contributed by atoms with van der Waals surface area (Å²) in [6.45, 7) is 0.719. The molecule has 2 rings (SSSR count). The van der Waals surface area contributed by atoms with E-state index in [4.69, 9.17) is 5.11 Å². The lowest BCUT2D eigenvalue weighted by molar-refractivity contribution is -0.142. The van der Waals surface area contributed by atoms with Crippen LogP contribution in [0.1, 0.15) is 51.4 Å². The zero-order valence-electron chi connectivity index (χ0n) is 11.4. The molecule has 2 aliphatic carbocycles. The summed E-state index contributed by atoms with van der Waals surface area (Å²) in [7, 11) is 0. The molecule has 0 aromatic rings. The number of urea groups is 1. The average Bonchev–Trinajstić information content (AvgIpc) is 2.86. The zero-order valence-corrected chi connectivity index (χ0v) is 11.4. The standard InChI is InChI=1S/C14H24N2O3/c17-13(18)11-7-4-8-12(11)16-14(19)15-9-10-5-2-1-3-6-10/h10-12H,1-9H2,(H,17,18)(H2,15,16,19). The maximum absolute atomic E-state index is 11.8. The van der Waals surface area contributed by atoms with Crippen molar-refractivity contribution in [1.82, 2.24) is 10.6 Å². The largest absolute Gasteiger partial charge is 0.481 e. The van der Waals surface area contributed by atoms with Gasteiger partial charge in [-0.1, -0.05) is 25.7 Å². The van der Waals surface area contributed by atoms with Gasteiger partial charge in [-0.3, -0.25) is 4.79 Å². The van der Waals surface area contributed by atoms with Gasteiger partial charge in [0.1, 0.15) is 0 Å². The molecule has 2 aliphatic rings. The van der Waals surface area contributed by atoms with Gasteiger partial charge < -0.3 is 15.7 Å². The SMILES string of the molecule is O=C(NCC1CCCCC1)NC1CCCC1C(=O)O. The van der Waals surface area contributed by atoms with Crippen LogP contribution in [0.25, 0.3) is 0 Å². The number of hydrogen-bond donors (Lipinski definition) is 3. The Morgan fingerprint density at radius 2 is 1.74 bits per heavy atom. The van der Waals surface area contributed by atoms with Gasteiger partial charge in [0.25, 0.3) is 0 Å². The van der Waals surface area contributed by atoms with Crippen LogP contribution < -0.4 is 10.6 Å². The molecule has 0 aliphatic heterocycles. The first-order chi connectivity index (χ1) is 9.16. The van der Waals surface area contributed by atoms with Gasteiger partial charge in [-0.25, -0.2) is 4.79 Å². The summed E-state index contributed by atoms with van der Waals surface area (Å²) in [6.07, 6.45) is 8.55. The van der Waals surface area contributed by atoms with Crippen molar-refractivity contribution in [3.05, 3.63) is 0 Å². The number of carbonyl (C=O) groups excluding carboxylic acids is 1. The van der Waals surface area contributed by atoms with Gasteiger partial charge in [0, 0.05) is 12.6 Å². The molecule has 0 radical (unpaired) electrons. The summed E-state index contributed by atoms with van der Waals surface area (Å²) in [5.74, 6) is -0.617. The highest BCUT2D eigenvalue weighted by Crippen LogP contribution is 2.26. The maximum atomic E-state index is 11.8. The maximum Gasteiger partial charge on any atom is 0.315 e. The minimum atomic E-state index is -0.796. The van der Waals surface area contributed by atoms with Crippen LogP contribution >= 0.6 is 0 Å². The predicted molar refractivity (Wildman–Crippen MR) is 71.9 cm³/mol. The number of carboxylic acid groups (broad SMARTS) is 1. The summed E-state index contributed by atoms with van der Waals surface area (Å²) in [6, 6.07) is -0.410. The molecule has 0 saturated heterocycles. The van der Waals surface area contributed by atoms with Crippen LogP contribution in [0, 0.1) is 11.8 Å². The molecule has 0 heterocycles. The van der Waals surface area contributed by atoms with E-state index in [-0.39, 0.29) is 12.1 Å². The number of rotatable bonds is 4. The molecule has 0 aromatic heterocycles. The van der Waals surface area contributed by atoms with Crippen LogP contribution in [0.4, 0.5) is 4.79 Å². The highest BCUT2D eigenvalue weighted by atomic mass is 16.4. The van der Waals surface area contributed by atoms with Crippen molar-refractivity contribution in [2.24, 2.45) is 11.8 Å². The average molecular weight is 268 g/mol. The van der Waals surface area contributed by atoms with Gasteiger partial charge in [0.15, 0.2) is 0 Å². The molecule has 2 amide bonds. The van der Waals surface area contributed by atoms with Gasteiger partial charge in [-0.05, 0) is 31.6 Å². The van der Waals surface area contributed by atoms with E-state index in [1.54, 1.807) is 0 Å². The third kappa shape index (κ3) is 4.11. The minimum Gasteiger partial charge on any atom is -0.481 e. The topological polar surface area (TPSA) is 78.4 Å². The van der Waals surface area contributed by atoms with E-state index < -0.39 is 11.9 Å². The van der Waals surface area contributed by atoms with Crippen molar-refractivity contribution in [1.29, 1.82) is 0 Å². The molecule has 2 atom stereocenters. The molecule has 0 spiro atoms. The number of carbonyl (C=O) groups is 2. The van der Waals surface area contributed by atoms with E-state index in [2.05, 4.69) is 10.6 Å². The fraction of sp³-hybridized carbons (Fsp3) is 0.857. The van der Waals surface area contributed by atoms with E-state index in [0.717, 1.165) is 19.4 Å². The second-order valence-electron chi connectivity index (χ2n) is 5.84. The lowest BCUT2D eigenvalue weighted by Gasteiger charge is -2.23. The molecule has 0 aromatic carbocycles. The lowest BCUT2D eigenvalue weighted by Crippen LogP contribution is -2.46. The fourth-order valence-electron chi connectivity index (χ4n) is 3.28. The monoisotopic (exact) mass is 268 g/mol. The summed E-state index contributed by atoms with van der Waals surface area (Å²) in [5.41, 5.74) is 0. The molecular formula is C14H24N2O3. The van der Waals surface area contributed by atoms with Gasteiger partial charge in [-0.2, -0.15) is 0 Å². The van der Waals surface area contributed by atoms with E-state index in [9.17, 15) is 9.59 Å². The Kier molecular flexibility index (Phi) is 5.05. The van der Waals surface area contributed by atoms with Crippen LogP contribution in [0.15, 0.2) is 0 Å². The molecule has 5 heteroatoms. The Hall–Kier alpha value is -1.26. The quantitative estimate of drug-likeness (QED) is 0.730. The Bertz CT molecular complexity index is 327. The number of aliphatic carboxylic acids is 1. The van der Waals surface area contributed by atoms with Crippen molar-refractivity contribution in [3.63, 3.8) is 0 Å². The van der Waals surface area contributed by atoms with E-state index >= 15 is 0 Å².